The Morgan fingerprint density at radius 3 is 2.18 bits per heavy atom. The van der Waals surface area contributed by atoms with Gasteiger partial charge in [0.25, 0.3) is 0 Å². The zero-order chi connectivity index (χ0) is 15.8. The smallest absolute Gasteiger partial charge is 0.413 e. The van der Waals surface area contributed by atoms with Crippen molar-refractivity contribution in [2.45, 2.75) is 26.5 Å². The van der Waals surface area contributed by atoms with Crippen molar-refractivity contribution in [1.29, 1.82) is 0 Å². The van der Waals surface area contributed by atoms with Crippen molar-refractivity contribution in [2.24, 2.45) is 0 Å². The zero-order valence-electron chi connectivity index (χ0n) is 13.0. The molecular formula is C18H22N2O2. The highest BCUT2D eigenvalue weighted by Gasteiger charge is 2.20. The van der Waals surface area contributed by atoms with Crippen molar-refractivity contribution in [3.05, 3.63) is 60.7 Å². The number of anilines is 2. The molecule has 0 heterocycles. The van der Waals surface area contributed by atoms with Crippen LogP contribution in [-0.4, -0.2) is 18.9 Å². The molecule has 0 fully saturated rings. The molecule has 0 radical (unpaired) electrons. The molecule has 0 saturated carbocycles. The molecule has 0 aromatic heterocycles. The van der Waals surface area contributed by atoms with E-state index in [9.17, 15) is 4.79 Å². The Bertz CT molecular complexity index is 572. The monoisotopic (exact) mass is 298 g/mol. The van der Waals surface area contributed by atoms with Crippen molar-refractivity contribution in [1.82, 2.24) is 0 Å². The number of amides is 1. The minimum Gasteiger partial charge on any atom is -0.425 e. The predicted molar refractivity (Wildman–Crippen MR) is 90.1 cm³/mol. The predicted octanol–water partition coefficient (Wildman–Crippen LogP) is 4.50. The Kier molecular flexibility index (Phi) is 5.83. The number of ether oxygens (including phenoxy) is 1. The minimum atomic E-state index is -0.438. The molecule has 0 aliphatic heterocycles. The lowest BCUT2D eigenvalue weighted by Crippen LogP contribution is -2.39. The Balaban J connectivity index is 2.03. The quantitative estimate of drug-likeness (QED) is 0.798. The molecule has 4 heteroatoms. The lowest BCUT2D eigenvalue weighted by atomic mass is 10.2. The highest BCUT2D eigenvalue weighted by atomic mass is 16.6. The highest BCUT2D eigenvalue weighted by molar-refractivity contribution is 5.84. The molecule has 1 unspecified atom stereocenters. The summed E-state index contributed by atoms with van der Waals surface area (Å²) in [5, 5.41) is 2.75. The third kappa shape index (κ3) is 4.25. The minimum absolute atomic E-state index is 0.295. The van der Waals surface area contributed by atoms with Crippen molar-refractivity contribution in [2.75, 3.05) is 16.8 Å². The van der Waals surface area contributed by atoms with Gasteiger partial charge in [0.05, 0.1) is 0 Å². The van der Waals surface area contributed by atoms with Crippen LogP contribution in [0.25, 0.3) is 0 Å². The standard InChI is InChI=1S/C18H22N2O2/c1-3-17(20(4-2)16-13-9-6-10-14-16)22-18(21)19-15-11-7-5-8-12-15/h5-14,17H,3-4H2,1-2H3,(H,19,21). The Hall–Kier alpha value is -2.49. The first-order valence-electron chi connectivity index (χ1n) is 7.59. The van der Waals surface area contributed by atoms with Gasteiger partial charge in [-0.1, -0.05) is 43.3 Å². The van der Waals surface area contributed by atoms with Crippen molar-refractivity contribution in [3.8, 4) is 0 Å². The summed E-state index contributed by atoms with van der Waals surface area (Å²) in [5.74, 6) is 0. The second-order valence-corrected chi connectivity index (χ2v) is 4.88. The van der Waals surface area contributed by atoms with Crippen LogP contribution in [0.2, 0.25) is 0 Å². The molecule has 1 amide bonds. The molecular weight excluding hydrogens is 276 g/mol. The summed E-state index contributed by atoms with van der Waals surface area (Å²) in [6.45, 7) is 4.82. The molecule has 22 heavy (non-hydrogen) atoms. The fourth-order valence-electron chi connectivity index (χ4n) is 2.33. The van der Waals surface area contributed by atoms with Gasteiger partial charge in [0, 0.05) is 24.3 Å². The second-order valence-electron chi connectivity index (χ2n) is 4.88. The van der Waals surface area contributed by atoms with Crippen LogP contribution in [0.4, 0.5) is 16.2 Å². The molecule has 2 rings (SSSR count). The van der Waals surface area contributed by atoms with Crippen LogP contribution in [0.3, 0.4) is 0 Å². The number of para-hydroxylation sites is 2. The largest absolute Gasteiger partial charge is 0.425 e. The third-order valence-electron chi connectivity index (χ3n) is 3.39. The van der Waals surface area contributed by atoms with Gasteiger partial charge in [0.2, 0.25) is 0 Å². The van der Waals surface area contributed by atoms with Gasteiger partial charge >= 0.3 is 6.09 Å². The summed E-state index contributed by atoms with van der Waals surface area (Å²) in [6, 6.07) is 19.3. The summed E-state index contributed by atoms with van der Waals surface area (Å²) < 4.78 is 5.59. The van der Waals surface area contributed by atoms with E-state index < -0.39 is 6.09 Å². The molecule has 0 bridgehead atoms. The van der Waals surface area contributed by atoms with Crippen molar-refractivity contribution >= 4 is 17.5 Å². The molecule has 4 nitrogen and oxygen atoms in total. The average Bonchev–Trinajstić information content (AvgIpc) is 2.56. The molecule has 0 spiro atoms. The van der Waals surface area contributed by atoms with E-state index in [4.69, 9.17) is 4.74 Å². The summed E-state index contributed by atoms with van der Waals surface area (Å²) in [5.41, 5.74) is 1.77. The van der Waals surface area contributed by atoms with E-state index in [1.165, 1.54) is 0 Å². The molecule has 0 aliphatic rings. The SMILES string of the molecule is CCC(OC(=O)Nc1ccccc1)N(CC)c1ccccc1. The molecule has 1 atom stereocenters. The lowest BCUT2D eigenvalue weighted by molar-refractivity contribution is 0.106. The number of carbonyl (C=O) groups excluding carboxylic acids is 1. The number of carbonyl (C=O) groups is 1. The first-order valence-corrected chi connectivity index (χ1v) is 7.59. The number of hydrogen-bond donors (Lipinski definition) is 1. The second kappa shape index (κ2) is 8.08. The van der Waals surface area contributed by atoms with Gasteiger partial charge in [0.1, 0.15) is 0 Å². The molecule has 2 aromatic carbocycles. The number of benzene rings is 2. The Morgan fingerprint density at radius 1 is 1.05 bits per heavy atom. The van der Waals surface area contributed by atoms with E-state index >= 15 is 0 Å². The Labute approximate surface area is 131 Å². The van der Waals surface area contributed by atoms with Gasteiger partial charge in [-0.05, 0) is 31.2 Å². The van der Waals surface area contributed by atoms with E-state index in [1.807, 2.05) is 74.5 Å². The maximum Gasteiger partial charge on any atom is 0.413 e. The molecule has 116 valence electrons. The van der Waals surface area contributed by atoms with Gasteiger partial charge in [0.15, 0.2) is 6.23 Å². The zero-order valence-corrected chi connectivity index (χ0v) is 13.0. The maximum absolute atomic E-state index is 12.1. The fraction of sp³-hybridized carbons (Fsp3) is 0.278. The molecule has 1 N–H and O–H groups in total. The topological polar surface area (TPSA) is 41.6 Å². The van der Waals surface area contributed by atoms with Crippen LogP contribution in [0.5, 0.6) is 0 Å². The summed E-state index contributed by atoms with van der Waals surface area (Å²) in [4.78, 5) is 14.1. The number of nitrogens with zero attached hydrogens (tertiary/aromatic N) is 1. The van der Waals surface area contributed by atoms with Crippen LogP contribution < -0.4 is 10.2 Å². The normalized spacial score (nSPS) is 11.5. The van der Waals surface area contributed by atoms with Crippen molar-refractivity contribution < 1.29 is 9.53 Å². The van der Waals surface area contributed by atoms with Gasteiger partial charge in [-0.3, -0.25) is 5.32 Å². The van der Waals surface area contributed by atoms with E-state index in [1.54, 1.807) is 0 Å². The summed E-state index contributed by atoms with van der Waals surface area (Å²) in [7, 11) is 0. The van der Waals surface area contributed by atoms with E-state index in [-0.39, 0.29) is 6.23 Å². The molecule has 0 aliphatic carbocycles. The van der Waals surface area contributed by atoms with Crippen LogP contribution in [0.15, 0.2) is 60.7 Å². The first-order chi connectivity index (χ1) is 10.7. The van der Waals surface area contributed by atoms with Crippen LogP contribution in [-0.2, 0) is 4.74 Å². The van der Waals surface area contributed by atoms with Crippen LogP contribution in [0.1, 0.15) is 20.3 Å². The van der Waals surface area contributed by atoms with Crippen LogP contribution >= 0.6 is 0 Å². The number of nitrogens with one attached hydrogen (secondary N) is 1. The Morgan fingerprint density at radius 2 is 1.64 bits per heavy atom. The van der Waals surface area contributed by atoms with Gasteiger partial charge in [-0.15, -0.1) is 0 Å². The highest BCUT2D eigenvalue weighted by Crippen LogP contribution is 2.19. The van der Waals surface area contributed by atoms with Gasteiger partial charge in [-0.2, -0.15) is 0 Å². The third-order valence-corrected chi connectivity index (χ3v) is 3.39. The van der Waals surface area contributed by atoms with E-state index in [0.29, 0.717) is 6.42 Å². The average molecular weight is 298 g/mol. The number of hydrogen-bond acceptors (Lipinski definition) is 3. The first kappa shape index (κ1) is 15.9. The maximum atomic E-state index is 12.1. The summed E-state index contributed by atoms with van der Waals surface area (Å²) in [6.07, 6.45) is -0.0196. The lowest BCUT2D eigenvalue weighted by Gasteiger charge is -2.31. The van der Waals surface area contributed by atoms with Crippen LogP contribution in [0, 0.1) is 0 Å². The van der Waals surface area contributed by atoms with Gasteiger partial charge in [-0.25, -0.2) is 4.79 Å². The van der Waals surface area contributed by atoms with E-state index in [0.717, 1.165) is 17.9 Å². The molecule has 0 saturated heterocycles. The summed E-state index contributed by atoms with van der Waals surface area (Å²) >= 11 is 0. The number of rotatable bonds is 6. The van der Waals surface area contributed by atoms with E-state index in [2.05, 4.69) is 10.2 Å². The van der Waals surface area contributed by atoms with Crippen molar-refractivity contribution in [3.63, 3.8) is 0 Å². The van der Waals surface area contributed by atoms with Gasteiger partial charge < -0.3 is 9.64 Å². The molecule has 2 aromatic rings. The fourth-order valence-corrected chi connectivity index (χ4v) is 2.33.